The third-order valence-corrected chi connectivity index (χ3v) is 4.35. The van der Waals surface area contributed by atoms with Crippen molar-refractivity contribution in [1.82, 2.24) is 14.9 Å². The molecule has 1 aromatic heterocycles. The number of aromatic nitrogens is 3. The monoisotopic (exact) mass is 346 g/mol. The summed E-state index contributed by atoms with van der Waals surface area (Å²) in [6.07, 6.45) is 2.93. The third kappa shape index (κ3) is 2.83. The largest absolute Gasteiger partial charge is 0.388 e. The van der Waals surface area contributed by atoms with Crippen LogP contribution in [0.4, 0.5) is 11.4 Å². The molecular weight excluding hydrogens is 328 g/mol. The van der Waals surface area contributed by atoms with Gasteiger partial charge in [-0.3, -0.25) is 4.79 Å². The highest BCUT2D eigenvalue weighted by Crippen LogP contribution is 2.32. The number of nitrogens with one attached hydrogen (secondary N) is 1. The Morgan fingerprint density at radius 1 is 1.08 bits per heavy atom. The topological polar surface area (TPSA) is 75.4 Å². The molecule has 26 heavy (non-hydrogen) atoms. The summed E-state index contributed by atoms with van der Waals surface area (Å²) in [6, 6.07) is 14.0. The Kier molecular flexibility index (Phi) is 3.96. The van der Waals surface area contributed by atoms with Crippen molar-refractivity contribution in [3.8, 4) is 0 Å². The lowest BCUT2D eigenvalue weighted by molar-refractivity contribution is -0.112. The molecule has 4 rings (SSSR count). The summed E-state index contributed by atoms with van der Waals surface area (Å²) in [5.74, 6) is -0.128. The molecule has 2 heterocycles. The first-order valence-electron chi connectivity index (χ1n) is 8.29. The van der Waals surface area contributed by atoms with Gasteiger partial charge in [0.15, 0.2) is 5.71 Å². The molecule has 0 fully saturated rings. The van der Waals surface area contributed by atoms with E-state index in [0.29, 0.717) is 12.3 Å². The van der Waals surface area contributed by atoms with Crippen molar-refractivity contribution in [3.63, 3.8) is 0 Å². The number of rotatable bonds is 4. The predicted octanol–water partition coefficient (Wildman–Crippen LogP) is 2.43. The van der Waals surface area contributed by atoms with Gasteiger partial charge in [0.1, 0.15) is 12.7 Å². The van der Waals surface area contributed by atoms with E-state index in [9.17, 15) is 4.79 Å². The zero-order valence-corrected chi connectivity index (χ0v) is 14.5. The number of hydrogen-bond acceptors (Lipinski definition) is 5. The maximum absolute atomic E-state index is 13.1. The Hall–Kier alpha value is -3.48. The number of fused-ring (bicyclic) bond motifs is 1. The maximum atomic E-state index is 13.1. The Labute approximate surface area is 151 Å². The fraction of sp³-hybridized carbons (Fsp3) is 0.158. The summed E-state index contributed by atoms with van der Waals surface area (Å²) in [6.45, 7) is 2.49. The molecule has 0 bridgehead atoms. The van der Waals surface area contributed by atoms with Crippen LogP contribution in [0.1, 0.15) is 16.7 Å². The van der Waals surface area contributed by atoms with Gasteiger partial charge >= 0.3 is 0 Å². The van der Waals surface area contributed by atoms with Gasteiger partial charge in [-0.25, -0.2) is 4.68 Å². The molecule has 1 amide bonds. The Balaban J connectivity index is 1.73. The summed E-state index contributed by atoms with van der Waals surface area (Å²) in [5.41, 5.74) is 5.26. The normalized spacial score (nSPS) is 14.8. The second-order valence-corrected chi connectivity index (χ2v) is 6.15. The van der Waals surface area contributed by atoms with E-state index in [1.165, 1.54) is 17.3 Å². The van der Waals surface area contributed by atoms with Gasteiger partial charge in [0.2, 0.25) is 0 Å². The van der Waals surface area contributed by atoms with Crippen molar-refractivity contribution in [2.24, 2.45) is 5.10 Å². The molecule has 0 radical (unpaired) electrons. The average Bonchev–Trinajstić information content (AvgIpc) is 3.25. The van der Waals surface area contributed by atoms with Crippen LogP contribution < -0.4 is 10.2 Å². The fourth-order valence-electron chi connectivity index (χ4n) is 3.00. The molecule has 3 aromatic rings. The van der Waals surface area contributed by atoms with E-state index in [4.69, 9.17) is 0 Å². The molecule has 0 aliphatic carbocycles. The van der Waals surface area contributed by atoms with Gasteiger partial charge in [-0.1, -0.05) is 23.8 Å². The van der Waals surface area contributed by atoms with E-state index in [2.05, 4.69) is 20.6 Å². The SMILES string of the molecule is CNc1ccc(CN2C(=O)/C(=N\n3cnnc3)c3cc(C)ccc32)cc1. The quantitative estimate of drug-likeness (QED) is 0.787. The van der Waals surface area contributed by atoms with E-state index in [1.54, 1.807) is 4.90 Å². The molecule has 1 N–H and O–H groups in total. The summed E-state index contributed by atoms with van der Waals surface area (Å²) in [4.78, 5) is 14.8. The highest BCUT2D eigenvalue weighted by atomic mass is 16.2. The van der Waals surface area contributed by atoms with Crippen LogP contribution in [-0.4, -0.2) is 33.5 Å². The van der Waals surface area contributed by atoms with Gasteiger partial charge in [-0.05, 0) is 36.8 Å². The number of benzene rings is 2. The first-order valence-corrected chi connectivity index (χ1v) is 8.29. The zero-order chi connectivity index (χ0) is 18.1. The van der Waals surface area contributed by atoms with Crippen molar-refractivity contribution in [3.05, 3.63) is 71.8 Å². The minimum Gasteiger partial charge on any atom is -0.388 e. The molecule has 0 atom stereocenters. The molecule has 0 unspecified atom stereocenters. The number of aryl methyl sites for hydroxylation is 1. The van der Waals surface area contributed by atoms with Gasteiger partial charge in [0.05, 0.1) is 12.2 Å². The maximum Gasteiger partial charge on any atom is 0.279 e. The summed E-state index contributed by atoms with van der Waals surface area (Å²) < 4.78 is 1.45. The molecule has 1 aliphatic heterocycles. The Morgan fingerprint density at radius 3 is 2.50 bits per heavy atom. The van der Waals surface area contributed by atoms with Crippen LogP contribution in [0.3, 0.4) is 0 Å². The highest BCUT2D eigenvalue weighted by molar-refractivity contribution is 6.54. The van der Waals surface area contributed by atoms with E-state index in [-0.39, 0.29) is 5.91 Å². The molecule has 130 valence electrons. The van der Waals surface area contributed by atoms with Crippen LogP contribution in [0, 0.1) is 6.92 Å². The van der Waals surface area contributed by atoms with E-state index < -0.39 is 0 Å². The van der Waals surface area contributed by atoms with E-state index in [1.807, 2.05) is 56.4 Å². The van der Waals surface area contributed by atoms with Crippen molar-refractivity contribution < 1.29 is 4.79 Å². The van der Waals surface area contributed by atoms with Gasteiger partial charge in [0.25, 0.3) is 5.91 Å². The van der Waals surface area contributed by atoms with E-state index >= 15 is 0 Å². The van der Waals surface area contributed by atoms with Crippen LogP contribution >= 0.6 is 0 Å². The van der Waals surface area contributed by atoms with Crippen LogP contribution in [0.15, 0.2) is 60.2 Å². The average molecular weight is 346 g/mol. The predicted molar refractivity (Wildman–Crippen MR) is 100 cm³/mol. The van der Waals surface area contributed by atoms with E-state index in [0.717, 1.165) is 28.1 Å². The number of hydrogen-bond donors (Lipinski definition) is 1. The molecule has 0 saturated carbocycles. The Morgan fingerprint density at radius 2 is 1.81 bits per heavy atom. The zero-order valence-electron chi connectivity index (χ0n) is 14.5. The smallest absolute Gasteiger partial charge is 0.279 e. The molecule has 1 aliphatic rings. The second-order valence-electron chi connectivity index (χ2n) is 6.15. The third-order valence-electron chi connectivity index (χ3n) is 4.35. The standard InChI is InChI=1S/C19H18N6O/c1-13-3-8-17-16(9-13)18(23-24-11-21-22-12-24)19(26)25(17)10-14-4-6-15(20-2)7-5-14/h3-9,11-12,20H,10H2,1-2H3/b23-18-. The van der Waals surface area contributed by atoms with Crippen molar-refractivity contribution in [2.45, 2.75) is 13.5 Å². The first-order chi connectivity index (χ1) is 12.7. The van der Waals surface area contributed by atoms with Crippen molar-refractivity contribution in [2.75, 3.05) is 17.3 Å². The Bertz CT molecular complexity index is 976. The summed E-state index contributed by atoms with van der Waals surface area (Å²) in [7, 11) is 1.88. The van der Waals surface area contributed by atoms with Crippen LogP contribution in [0.2, 0.25) is 0 Å². The number of carbonyl (C=O) groups excluding carboxylic acids is 1. The van der Waals surface area contributed by atoms with Crippen LogP contribution in [0.25, 0.3) is 0 Å². The lowest BCUT2D eigenvalue weighted by Crippen LogP contribution is -2.29. The lowest BCUT2D eigenvalue weighted by atomic mass is 10.1. The van der Waals surface area contributed by atoms with Crippen LogP contribution in [-0.2, 0) is 11.3 Å². The number of anilines is 2. The molecule has 7 nitrogen and oxygen atoms in total. The molecule has 2 aromatic carbocycles. The minimum atomic E-state index is -0.128. The first kappa shape index (κ1) is 16.0. The van der Waals surface area contributed by atoms with Gasteiger partial charge in [-0.2, -0.15) is 5.10 Å². The summed E-state index contributed by atoms with van der Waals surface area (Å²) >= 11 is 0. The van der Waals surface area contributed by atoms with Crippen molar-refractivity contribution >= 4 is 23.0 Å². The molecular formula is C19H18N6O. The van der Waals surface area contributed by atoms with Gasteiger partial charge in [0, 0.05) is 18.3 Å². The van der Waals surface area contributed by atoms with Crippen molar-refractivity contribution in [1.29, 1.82) is 0 Å². The summed E-state index contributed by atoms with van der Waals surface area (Å²) in [5, 5.41) is 15.0. The number of carbonyl (C=O) groups is 1. The van der Waals surface area contributed by atoms with Crippen LogP contribution in [0.5, 0.6) is 0 Å². The minimum absolute atomic E-state index is 0.128. The van der Waals surface area contributed by atoms with Gasteiger partial charge in [-0.15, -0.1) is 10.2 Å². The molecule has 0 spiro atoms. The highest BCUT2D eigenvalue weighted by Gasteiger charge is 2.34. The number of nitrogens with zero attached hydrogens (tertiary/aromatic N) is 5. The van der Waals surface area contributed by atoms with Gasteiger partial charge < -0.3 is 10.2 Å². The molecule has 7 heteroatoms. The number of amides is 1. The lowest BCUT2D eigenvalue weighted by Gasteiger charge is -2.17. The molecule has 0 saturated heterocycles. The second kappa shape index (κ2) is 6.44. The fourth-order valence-corrected chi connectivity index (χ4v) is 3.00.